The molecule has 0 fully saturated rings. The van der Waals surface area contributed by atoms with Crippen LogP contribution in [0.3, 0.4) is 0 Å². The van der Waals surface area contributed by atoms with E-state index in [-0.39, 0.29) is 11.7 Å². The third-order valence-corrected chi connectivity index (χ3v) is 3.34. The lowest BCUT2D eigenvalue weighted by Gasteiger charge is -2.19. The molecule has 0 radical (unpaired) electrons. The monoisotopic (exact) mass is 281 g/mol. The number of benzene rings is 2. The number of amides is 1. The largest absolute Gasteiger partial charge is 0.508 e. The first-order chi connectivity index (χ1) is 10.2. The van der Waals surface area contributed by atoms with Crippen LogP contribution in [0.1, 0.15) is 17.5 Å². The van der Waals surface area contributed by atoms with Gasteiger partial charge in [-0.15, -0.1) is 0 Å². The van der Waals surface area contributed by atoms with Crippen LogP contribution in [0.15, 0.2) is 59.0 Å². The fraction of sp³-hybridized carbons (Fsp3) is 0.118. The van der Waals surface area contributed by atoms with Gasteiger partial charge in [0.05, 0.1) is 0 Å². The summed E-state index contributed by atoms with van der Waals surface area (Å²) in [4.78, 5) is 14.2. The maximum atomic E-state index is 12.6. The van der Waals surface area contributed by atoms with Gasteiger partial charge in [0.1, 0.15) is 11.3 Å². The average molecular weight is 281 g/mol. The van der Waals surface area contributed by atoms with E-state index >= 15 is 0 Å². The lowest BCUT2D eigenvalue weighted by Crippen LogP contribution is -2.30. The minimum absolute atomic E-state index is 0.128. The number of furan rings is 1. The molecule has 0 saturated carbocycles. The third-order valence-electron chi connectivity index (χ3n) is 3.34. The van der Waals surface area contributed by atoms with Crippen LogP contribution in [-0.2, 0) is 0 Å². The number of hydrogen-bond acceptors (Lipinski definition) is 3. The topological polar surface area (TPSA) is 53.7 Å². The zero-order valence-corrected chi connectivity index (χ0v) is 11.6. The number of anilines is 1. The SMILES string of the molecule is CCN(C(=O)c1cc2ccccc2o1)c1cccc(O)c1. The second kappa shape index (κ2) is 5.32. The van der Waals surface area contributed by atoms with Crippen molar-refractivity contribution in [2.24, 2.45) is 0 Å². The molecule has 0 spiro atoms. The summed E-state index contributed by atoms with van der Waals surface area (Å²) in [5, 5.41) is 10.5. The number of nitrogens with zero attached hydrogens (tertiary/aromatic N) is 1. The Morgan fingerprint density at radius 3 is 2.67 bits per heavy atom. The number of hydrogen-bond donors (Lipinski definition) is 1. The Balaban J connectivity index is 1.98. The lowest BCUT2D eigenvalue weighted by molar-refractivity contribution is 0.0964. The quantitative estimate of drug-likeness (QED) is 0.794. The molecule has 106 valence electrons. The molecule has 0 atom stereocenters. The van der Waals surface area contributed by atoms with Crippen LogP contribution in [0.25, 0.3) is 11.0 Å². The summed E-state index contributed by atoms with van der Waals surface area (Å²) in [6, 6.07) is 15.9. The van der Waals surface area contributed by atoms with Gasteiger partial charge in [-0.1, -0.05) is 24.3 Å². The molecule has 1 amide bonds. The summed E-state index contributed by atoms with van der Waals surface area (Å²) in [6.07, 6.45) is 0. The number of aromatic hydroxyl groups is 1. The molecule has 21 heavy (non-hydrogen) atoms. The van der Waals surface area contributed by atoms with Crippen molar-refractivity contribution in [2.75, 3.05) is 11.4 Å². The number of rotatable bonds is 3. The maximum Gasteiger partial charge on any atom is 0.294 e. The van der Waals surface area contributed by atoms with Crippen LogP contribution in [0.2, 0.25) is 0 Å². The molecule has 1 N–H and O–H groups in total. The van der Waals surface area contributed by atoms with Crippen LogP contribution in [0, 0.1) is 0 Å². The Morgan fingerprint density at radius 1 is 1.14 bits per heavy atom. The normalized spacial score (nSPS) is 10.7. The number of phenolic OH excluding ortho intramolecular Hbond substituents is 1. The average Bonchev–Trinajstić information content (AvgIpc) is 2.92. The van der Waals surface area contributed by atoms with E-state index in [9.17, 15) is 9.90 Å². The summed E-state index contributed by atoms with van der Waals surface area (Å²) < 4.78 is 5.61. The van der Waals surface area contributed by atoms with Crippen LogP contribution >= 0.6 is 0 Å². The van der Waals surface area contributed by atoms with Gasteiger partial charge in [0.15, 0.2) is 5.76 Å². The molecule has 0 unspecified atom stereocenters. The summed E-state index contributed by atoms with van der Waals surface area (Å²) in [7, 11) is 0. The molecule has 0 aliphatic heterocycles. The minimum atomic E-state index is -0.223. The van der Waals surface area contributed by atoms with Gasteiger partial charge >= 0.3 is 0 Å². The molecule has 2 aromatic carbocycles. The minimum Gasteiger partial charge on any atom is -0.508 e. The van der Waals surface area contributed by atoms with Crippen molar-refractivity contribution in [3.63, 3.8) is 0 Å². The number of fused-ring (bicyclic) bond motifs is 1. The van der Waals surface area contributed by atoms with E-state index in [1.807, 2.05) is 31.2 Å². The molecule has 0 bridgehead atoms. The lowest BCUT2D eigenvalue weighted by atomic mass is 10.2. The predicted octanol–water partition coefficient (Wildman–Crippen LogP) is 3.81. The van der Waals surface area contributed by atoms with Gasteiger partial charge in [0.2, 0.25) is 0 Å². The van der Waals surface area contributed by atoms with Crippen LogP contribution < -0.4 is 4.90 Å². The Kier molecular flexibility index (Phi) is 3.36. The van der Waals surface area contributed by atoms with Crippen molar-refractivity contribution in [3.8, 4) is 5.75 Å². The van der Waals surface area contributed by atoms with E-state index in [1.54, 1.807) is 35.2 Å². The highest BCUT2D eigenvalue weighted by atomic mass is 16.3. The van der Waals surface area contributed by atoms with E-state index < -0.39 is 0 Å². The van der Waals surface area contributed by atoms with E-state index in [0.717, 1.165) is 5.39 Å². The number of para-hydroxylation sites is 1. The van der Waals surface area contributed by atoms with E-state index in [4.69, 9.17) is 4.42 Å². The fourth-order valence-electron chi connectivity index (χ4n) is 2.32. The van der Waals surface area contributed by atoms with Crippen molar-refractivity contribution in [2.45, 2.75) is 6.92 Å². The van der Waals surface area contributed by atoms with Crippen molar-refractivity contribution in [1.82, 2.24) is 0 Å². The molecular weight excluding hydrogens is 266 g/mol. The Labute approximate surface area is 122 Å². The van der Waals surface area contributed by atoms with Crippen molar-refractivity contribution in [1.29, 1.82) is 0 Å². The Morgan fingerprint density at radius 2 is 1.95 bits per heavy atom. The molecule has 0 saturated heterocycles. The first kappa shape index (κ1) is 13.2. The van der Waals surface area contributed by atoms with Crippen LogP contribution in [0.4, 0.5) is 5.69 Å². The molecule has 0 aliphatic carbocycles. The van der Waals surface area contributed by atoms with Crippen molar-refractivity contribution < 1.29 is 14.3 Å². The van der Waals surface area contributed by atoms with Crippen LogP contribution in [0.5, 0.6) is 5.75 Å². The van der Waals surface area contributed by atoms with Gasteiger partial charge in [0.25, 0.3) is 5.91 Å². The van der Waals surface area contributed by atoms with E-state index in [0.29, 0.717) is 23.6 Å². The van der Waals surface area contributed by atoms with Gasteiger partial charge in [0, 0.05) is 23.7 Å². The van der Waals surface area contributed by atoms with Gasteiger partial charge in [-0.25, -0.2) is 0 Å². The number of carbonyl (C=O) groups is 1. The number of carbonyl (C=O) groups excluding carboxylic acids is 1. The standard InChI is InChI=1S/C17H15NO3/c1-2-18(13-7-5-8-14(19)11-13)17(20)16-10-12-6-3-4-9-15(12)21-16/h3-11,19H,2H2,1H3. The second-order valence-corrected chi connectivity index (χ2v) is 4.72. The second-order valence-electron chi connectivity index (χ2n) is 4.72. The van der Waals surface area contributed by atoms with Gasteiger partial charge < -0.3 is 14.4 Å². The molecule has 1 heterocycles. The number of phenols is 1. The molecule has 3 rings (SSSR count). The van der Waals surface area contributed by atoms with Gasteiger partial charge in [-0.3, -0.25) is 4.79 Å². The van der Waals surface area contributed by atoms with Crippen molar-refractivity contribution >= 4 is 22.6 Å². The Bertz CT molecular complexity index is 758. The van der Waals surface area contributed by atoms with Crippen molar-refractivity contribution in [3.05, 3.63) is 60.4 Å². The highest BCUT2D eigenvalue weighted by molar-refractivity contribution is 6.06. The zero-order valence-electron chi connectivity index (χ0n) is 11.6. The Hall–Kier alpha value is -2.75. The van der Waals surface area contributed by atoms with E-state index in [1.165, 1.54) is 0 Å². The highest BCUT2D eigenvalue weighted by Crippen LogP contribution is 2.24. The van der Waals surface area contributed by atoms with E-state index in [2.05, 4.69) is 0 Å². The first-order valence-corrected chi connectivity index (χ1v) is 6.78. The first-order valence-electron chi connectivity index (χ1n) is 6.78. The molecule has 0 aliphatic rings. The summed E-state index contributed by atoms with van der Waals surface area (Å²) in [5.41, 5.74) is 1.33. The molecule has 4 heteroatoms. The highest BCUT2D eigenvalue weighted by Gasteiger charge is 2.20. The van der Waals surface area contributed by atoms with Gasteiger partial charge in [-0.2, -0.15) is 0 Å². The summed E-state index contributed by atoms with van der Waals surface area (Å²) in [6.45, 7) is 2.37. The predicted molar refractivity (Wildman–Crippen MR) is 81.7 cm³/mol. The molecule has 4 nitrogen and oxygen atoms in total. The van der Waals surface area contributed by atoms with Gasteiger partial charge in [-0.05, 0) is 31.2 Å². The summed E-state index contributed by atoms with van der Waals surface area (Å²) >= 11 is 0. The molecular formula is C17H15NO3. The third kappa shape index (κ3) is 2.48. The molecule has 1 aromatic heterocycles. The zero-order chi connectivity index (χ0) is 14.8. The van der Waals surface area contributed by atoms with Crippen LogP contribution in [-0.4, -0.2) is 17.6 Å². The smallest absolute Gasteiger partial charge is 0.294 e. The molecule has 3 aromatic rings. The summed E-state index contributed by atoms with van der Waals surface area (Å²) in [5.74, 6) is 0.198. The fourth-order valence-corrected chi connectivity index (χ4v) is 2.32. The maximum absolute atomic E-state index is 12.6.